The summed E-state index contributed by atoms with van der Waals surface area (Å²) in [5, 5.41) is 6.18. The van der Waals surface area contributed by atoms with Crippen LogP contribution in [0.4, 0.5) is 14.6 Å². The smallest absolute Gasteiger partial charge is 0.257 e. The van der Waals surface area contributed by atoms with E-state index < -0.39 is 17.5 Å². The lowest BCUT2D eigenvalue weighted by atomic mass is 9.93. The van der Waals surface area contributed by atoms with Crippen LogP contribution in [0.25, 0.3) is 0 Å². The second-order valence-corrected chi connectivity index (χ2v) is 5.41. The summed E-state index contributed by atoms with van der Waals surface area (Å²) in [5.41, 5.74) is -0.234. The second-order valence-electron chi connectivity index (χ2n) is 5.41. The Hall–Kier alpha value is -2.24. The lowest BCUT2D eigenvalue weighted by Crippen LogP contribution is -2.13. The Morgan fingerprint density at radius 3 is 2.45 bits per heavy atom. The first kappa shape index (κ1) is 14.2. The monoisotopic (exact) mass is 280 g/mol. The van der Waals surface area contributed by atoms with Crippen molar-refractivity contribution in [1.82, 2.24) is 5.16 Å². The van der Waals surface area contributed by atoms with Gasteiger partial charge in [-0.15, -0.1) is 0 Å². The zero-order chi connectivity index (χ0) is 14.9. The van der Waals surface area contributed by atoms with Crippen LogP contribution in [0.3, 0.4) is 0 Å². The minimum atomic E-state index is -1.08. The van der Waals surface area contributed by atoms with Crippen LogP contribution < -0.4 is 5.32 Å². The Labute approximate surface area is 114 Å². The number of benzene rings is 1. The van der Waals surface area contributed by atoms with Gasteiger partial charge < -0.3 is 9.84 Å². The Balaban J connectivity index is 2.15. The Kier molecular flexibility index (Phi) is 3.57. The van der Waals surface area contributed by atoms with Gasteiger partial charge in [0.05, 0.1) is 0 Å². The highest BCUT2D eigenvalue weighted by atomic mass is 19.2. The van der Waals surface area contributed by atoms with Gasteiger partial charge in [-0.05, 0) is 18.2 Å². The van der Waals surface area contributed by atoms with E-state index in [-0.39, 0.29) is 16.8 Å². The number of hydrogen-bond acceptors (Lipinski definition) is 3. The minimum Gasteiger partial charge on any atom is -0.359 e. The minimum absolute atomic E-state index is 0.00390. The molecule has 0 atom stereocenters. The van der Waals surface area contributed by atoms with Crippen LogP contribution in [0.2, 0.25) is 0 Å². The molecule has 0 saturated heterocycles. The van der Waals surface area contributed by atoms with Crippen molar-refractivity contribution in [3.05, 3.63) is 47.2 Å². The zero-order valence-electron chi connectivity index (χ0n) is 11.3. The molecular weight excluding hydrogens is 266 g/mol. The van der Waals surface area contributed by atoms with E-state index in [2.05, 4.69) is 10.5 Å². The molecule has 1 aromatic heterocycles. The third-order valence-electron chi connectivity index (χ3n) is 2.67. The van der Waals surface area contributed by atoms with Crippen molar-refractivity contribution >= 4 is 11.7 Å². The molecule has 0 aliphatic heterocycles. The number of anilines is 1. The van der Waals surface area contributed by atoms with Crippen LogP contribution in [0.5, 0.6) is 0 Å². The van der Waals surface area contributed by atoms with Gasteiger partial charge in [-0.2, -0.15) is 0 Å². The molecule has 0 radical (unpaired) electrons. The van der Waals surface area contributed by atoms with Crippen LogP contribution in [-0.2, 0) is 5.41 Å². The predicted molar refractivity (Wildman–Crippen MR) is 69.5 cm³/mol. The van der Waals surface area contributed by atoms with Crippen molar-refractivity contribution in [2.45, 2.75) is 26.2 Å². The largest absolute Gasteiger partial charge is 0.359 e. The quantitative estimate of drug-likeness (QED) is 0.916. The summed E-state index contributed by atoms with van der Waals surface area (Å²) in [7, 11) is 0. The van der Waals surface area contributed by atoms with E-state index >= 15 is 0 Å². The van der Waals surface area contributed by atoms with Gasteiger partial charge in [-0.3, -0.25) is 4.79 Å². The van der Waals surface area contributed by atoms with E-state index in [9.17, 15) is 13.6 Å². The molecule has 0 bridgehead atoms. The van der Waals surface area contributed by atoms with Gasteiger partial charge in [-0.1, -0.05) is 25.9 Å². The molecule has 1 N–H and O–H groups in total. The van der Waals surface area contributed by atoms with Crippen LogP contribution >= 0.6 is 0 Å². The highest BCUT2D eigenvalue weighted by molar-refractivity contribution is 6.03. The van der Waals surface area contributed by atoms with Gasteiger partial charge >= 0.3 is 0 Å². The number of nitrogens with zero attached hydrogens (tertiary/aromatic N) is 1. The number of carbonyl (C=O) groups excluding carboxylic acids is 1. The van der Waals surface area contributed by atoms with Crippen molar-refractivity contribution in [2.75, 3.05) is 5.32 Å². The fourth-order valence-electron chi connectivity index (χ4n) is 1.51. The number of nitrogens with one attached hydrogen (secondary N) is 1. The molecule has 2 rings (SSSR count). The summed E-state index contributed by atoms with van der Waals surface area (Å²) >= 11 is 0. The van der Waals surface area contributed by atoms with Crippen LogP contribution in [0.1, 0.15) is 36.9 Å². The van der Waals surface area contributed by atoms with Crippen LogP contribution in [-0.4, -0.2) is 11.1 Å². The number of aromatic nitrogens is 1. The molecule has 0 saturated carbocycles. The van der Waals surface area contributed by atoms with Crippen molar-refractivity contribution < 1.29 is 18.1 Å². The molecule has 0 fully saturated rings. The second kappa shape index (κ2) is 5.03. The zero-order valence-corrected chi connectivity index (χ0v) is 11.3. The summed E-state index contributed by atoms with van der Waals surface area (Å²) in [6.45, 7) is 5.82. The van der Waals surface area contributed by atoms with E-state index in [1.54, 1.807) is 6.07 Å². The van der Waals surface area contributed by atoms with E-state index in [0.717, 1.165) is 12.1 Å². The first-order chi connectivity index (χ1) is 9.27. The molecular formula is C14H14F2N2O2. The number of hydrogen-bond donors (Lipinski definition) is 1. The fraction of sp³-hybridized carbons (Fsp3) is 0.286. The van der Waals surface area contributed by atoms with Gasteiger partial charge in [-0.25, -0.2) is 8.78 Å². The van der Waals surface area contributed by atoms with E-state index in [1.165, 1.54) is 6.07 Å². The lowest BCUT2D eigenvalue weighted by Gasteiger charge is -2.12. The average Bonchev–Trinajstić information content (AvgIpc) is 2.81. The maximum atomic E-state index is 13.0. The van der Waals surface area contributed by atoms with E-state index in [4.69, 9.17) is 4.52 Å². The maximum Gasteiger partial charge on any atom is 0.257 e. The Morgan fingerprint density at radius 1 is 1.20 bits per heavy atom. The summed E-state index contributed by atoms with van der Waals surface area (Å²) < 4.78 is 30.9. The average molecular weight is 280 g/mol. The third kappa shape index (κ3) is 3.01. The Morgan fingerprint density at radius 2 is 1.90 bits per heavy atom. The topological polar surface area (TPSA) is 55.1 Å². The predicted octanol–water partition coefficient (Wildman–Crippen LogP) is 3.50. The van der Waals surface area contributed by atoms with Crippen molar-refractivity contribution in [2.24, 2.45) is 0 Å². The number of rotatable bonds is 2. The first-order valence-corrected chi connectivity index (χ1v) is 6.01. The molecule has 106 valence electrons. The van der Waals surface area contributed by atoms with Crippen molar-refractivity contribution in [1.29, 1.82) is 0 Å². The van der Waals surface area contributed by atoms with Gasteiger partial charge in [0, 0.05) is 17.0 Å². The van der Waals surface area contributed by atoms with Crippen molar-refractivity contribution in [3.63, 3.8) is 0 Å². The molecule has 0 aliphatic carbocycles. The first-order valence-electron chi connectivity index (χ1n) is 6.01. The molecule has 0 unspecified atom stereocenters. The van der Waals surface area contributed by atoms with Gasteiger partial charge in [0.15, 0.2) is 17.5 Å². The van der Waals surface area contributed by atoms with E-state index in [1.807, 2.05) is 20.8 Å². The lowest BCUT2D eigenvalue weighted by molar-refractivity contribution is 0.102. The molecule has 4 nitrogen and oxygen atoms in total. The molecule has 6 heteroatoms. The standard InChI is InChI=1S/C14H14F2N2O2/c1-14(2,3)11-7-12(18-20-11)17-13(19)8-4-5-9(15)10(16)6-8/h4-7H,1-3H3,(H,17,18,19). The fourth-order valence-corrected chi connectivity index (χ4v) is 1.51. The summed E-state index contributed by atoms with van der Waals surface area (Å²) in [4.78, 5) is 11.9. The summed E-state index contributed by atoms with van der Waals surface area (Å²) in [5.74, 6) is -1.83. The molecule has 1 aromatic carbocycles. The normalized spacial score (nSPS) is 11.4. The summed E-state index contributed by atoms with van der Waals surface area (Å²) in [6, 6.07) is 4.51. The van der Waals surface area contributed by atoms with Crippen LogP contribution in [0.15, 0.2) is 28.8 Å². The molecule has 0 aliphatic rings. The SMILES string of the molecule is CC(C)(C)c1cc(NC(=O)c2ccc(F)c(F)c2)no1. The molecule has 1 amide bonds. The van der Waals surface area contributed by atoms with Crippen LogP contribution in [0, 0.1) is 11.6 Å². The highest BCUT2D eigenvalue weighted by Crippen LogP contribution is 2.24. The summed E-state index contributed by atoms with van der Waals surface area (Å²) in [6.07, 6.45) is 0. The third-order valence-corrected chi connectivity index (χ3v) is 2.67. The molecule has 0 spiro atoms. The van der Waals surface area contributed by atoms with E-state index in [0.29, 0.717) is 5.76 Å². The van der Waals surface area contributed by atoms with Gasteiger partial charge in [0.1, 0.15) is 5.76 Å². The molecule has 20 heavy (non-hydrogen) atoms. The van der Waals surface area contributed by atoms with Gasteiger partial charge in [0.25, 0.3) is 5.91 Å². The molecule has 2 aromatic rings. The number of amides is 1. The van der Waals surface area contributed by atoms with Gasteiger partial charge in [0.2, 0.25) is 0 Å². The number of carbonyl (C=O) groups is 1. The van der Waals surface area contributed by atoms with Crippen molar-refractivity contribution in [3.8, 4) is 0 Å². The maximum absolute atomic E-state index is 13.0. The molecule has 1 heterocycles. The highest BCUT2D eigenvalue weighted by Gasteiger charge is 2.20. The Bertz CT molecular complexity index is 645. The number of halogens is 2.